The van der Waals surface area contributed by atoms with Crippen molar-refractivity contribution in [3.05, 3.63) is 27.6 Å². The van der Waals surface area contributed by atoms with Gasteiger partial charge in [0, 0.05) is 10.1 Å². The third-order valence-corrected chi connectivity index (χ3v) is 4.81. The lowest BCUT2D eigenvalue weighted by atomic mass is 10.2. The van der Waals surface area contributed by atoms with Crippen molar-refractivity contribution in [3.63, 3.8) is 0 Å². The van der Waals surface area contributed by atoms with Crippen LogP contribution in [0.3, 0.4) is 0 Å². The Balaban J connectivity index is 2.46. The zero-order chi connectivity index (χ0) is 14.0. The summed E-state index contributed by atoms with van der Waals surface area (Å²) in [6.45, 7) is 5.24. The third-order valence-electron chi connectivity index (χ3n) is 3.04. The van der Waals surface area contributed by atoms with Crippen molar-refractivity contribution in [1.82, 2.24) is 9.55 Å². The Bertz CT molecular complexity index is 568. The molecule has 0 aliphatic rings. The van der Waals surface area contributed by atoms with E-state index < -0.39 is 0 Å². The second kappa shape index (κ2) is 6.68. The summed E-state index contributed by atoms with van der Waals surface area (Å²) in [5.74, 6) is 2.74. The van der Waals surface area contributed by atoms with E-state index in [0.717, 1.165) is 23.6 Å². The van der Waals surface area contributed by atoms with Gasteiger partial charge in [0.2, 0.25) is 0 Å². The molecule has 2 atom stereocenters. The van der Waals surface area contributed by atoms with E-state index in [4.69, 9.17) is 16.6 Å². The number of aromatic nitrogens is 2. The highest BCUT2D eigenvalue weighted by Crippen LogP contribution is 2.27. The number of rotatable bonds is 5. The Hall–Kier alpha value is 0.0600. The lowest BCUT2D eigenvalue weighted by Gasteiger charge is -2.15. The number of fused-ring (bicyclic) bond motifs is 1. The maximum Gasteiger partial charge on any atom is 0.127 e. The van der Waals surface area contributed by atoms with Gasteiger partial charge in [-0.1, -0.05) is 6.92 Å². The Morgan fingerprint density at radius 2 is 2.16 bits per heavy atom. The van der Waals surface area contributed by atoms with Gasteiger partial charge in [0.1, 0.15) is 5.82 Å². The van der Waals surface area contributed by atoms with Gasteiger partial charge in [-0.2, -0.15) is 11.8 Å². The van der Waals surface area contributed by atoms with Crippen molar-refractivity contribution < 1.29 is 0 Å². The zero-order valence-corrected chi connectivity index (χ0v) is 15.1. The Labute approximate surface area is 137 Å². The number of thioether (sulfide) groups is 1. The minimum absolute atomic E-state index is 0.0634. The average molecular weight is 409 g/mol. The third kappa shape index (κ3) is 3.58. The maximum absolute atomic E-state index is 6.29. The number of halogens is 2. The summed E-state index contributed by atoms with van der Waals surface area (Å²) in [4.78, 5) is 4.71. The fraction of sp³-hybridized carbons (Fsp3) is 0.500. The van der Waals surface area contributed by atoms with Gasteiger partial charge >= 0.3 is 0 Å². The molecule has 0 N–H and O–H groups in total. The molecule has 1 heterocycles. The van der Waals surface area contributed by atoms with E-state index in [-0.39, 0.29) is 5.38 Å². The molecule has 2 nitrogen and oxygen atoms in total. The van der Waals surface area contributed by atoms with Gasteiger partial charge < -0.3 is 4.57 Å². The smallest absolute Gasteiger partial charge is 0.127 e. The van der Waals surface area contributed by atoms with E-state index in [1.165, 1.54) is 9.09 Å². The van der Waals surface area contributed by atoms with E-state index in [2.05, 4.69) is 58.5 Å². The topological polar surface area (TPSA) is 17.8 Å². The Kier molecular flexibility index (Phi) is 5.43. The van der Waals surface area contributed by atoms with Crippen LogP contribution in [0.1, 0.15) is 25.0 Å². The number of imidazole rings is 1. The van der Waals surface area contributed by atoms with Crippen molar-refractivity contribution >= 4 is 57.0 Å². The van der Waals surface area contributed by atoms with Crippen molar-refractivity contribution in [1.29, 1.82) is 0 Å². The molecular weight excluding hydrogens is 391 g/mol. The molecule has 0 saturated carbocycles. The summed E-state index contributed by atoms with van der Waals surface area (Å²) in [5.41, 5.74) is 2.24. The van der Waals surface area contributed by atoms with Crippen LogP contribution in [0.25, 0.3) is 11.0 Å². The van der Waals surface area contributed by atoms with Gasteiger partial charge in [0.25, 0.3) is 0 Å². The summed E-state index contributed by atoms with van der Waals surface area (Å²) in [5, 5.41) is -0.0634. The van der Waals surface area contributed by atoms with E-state index in [1.807, 2.05) is 18.7 Å². The molecule has 0 saturated heterocycles. The molecule has 2 rings (SSSR count). The first-order valence-corrected chi connectivity index (χ1v) is 9.22. The fourth-order valence-corrected chi connectivity index (χ4v) is 3.58. The van der Waals surface area contributed by atoms with Crippen LogP contribution >= 0.6 is 46.0 Å². The molecule has 2 unspecified atom stereocenters. The first-order valence-electron chi connectivity index (χ1n) is 6.31. The van der Waals surface area contributed by atoms with E-state index in [0.29, 0.717) is 5.92 Å². The van der Waals surface area contributed by atoms with Crippen molar-refractivity contribution in [2.75, 3.05) is 12.0 Å². The predicted molar refractivity (Wildman–Crippen MR) is 94.3 cm³/mol. The summed E-state index contributed by atoms with van der Waals surface area (Å²) >= 11 is 10.5. The van der Waals surface area contributed by atoms with Gasteiger partial charge in [-0.3, -0.25) is 0 Å². The monoisotopic (exact) mass is 408 g/mol. The lowest BCUT2D eigenvalue weighted by Crippen LogP contribution is -2.13. The van der Waals surface area contributed by atoms with Crippen LogP contribution in [0.5, 0.6) is 0 Å². The number of benzene rings is 1. The molecule has 2 aromatic rings. The van der Waals surface area contributed by atoms with Crippen LogP contribution in [0.2, 0.25) is 0 Å². The standard InChI is InChI=1S/C14H18ClIN2S/c1-9(8-19-3)7-18-13-5-4-11(16)6-12(13)17-14(18)10(2)15/h4-6,9-10H,7-8H2,1-3H3. The molecular formula is C14H18ClIN2S. The largest absolute Gasteiger partial charge is 0.326 e. The number of hydrogen-bond donors (Lipinski definition) is 0. The molecule has 104 valence electrons. The first-order chi connectivity index (χ1) is 9.02. The Morgan fingerprint density at radius 1 is 1.42 bits per heavy atom. The van der Waals surface area contributed by atoms with Crippen LogP contribution < -0.4 is 0 Å². The van der Waals surface area contributed by atoms with E-state index in [9.17, 15) is 0 Å². The molecule has 1 aromatic heterocycles. The van der Waals surface area contributed by atoms with Gasteiger partial charge in [-0.05, 0) is 65.6 Å². The summed E-state index contributed by atoms with van der Waals surface area (Å²) in [6.07, 6.45) is 2.15. The minimum Gasteiger partial charge on any atom is -0.326 e. The van der Waals surface area contributed by atoms with Crippen molar-refractivity contribution in [3.8, 4) is 0 Å². The highest BCUT2D eigenvalue weighted by molar-refractivity contribution is 14.1. The van der Waals surface area contributed by atoms with E-state index in [1.54, 1.807) is 0 Å². The molecule has 0 spiro atoms. The second-order valence-corrected chi connectivity index (χ2v) is 7.70. The quantitative estimate of drug-likeness (QED) is 0.515. The molecule has 0 amide bonds. The van der Waals surface area contributed by atoms with E-state index >= 15 is 0 Å². The molecule has 0 fully saturated rings. The number of alkyl halides is 1. The van der Waals surface area contributed by atoms with Crippen LogP contribution in [0.15, 0.2) is 18.2 Å². The van der Waals surface area contributed by atoms with Gasteiger partial charge in [0.05, 0.1) is 16.4 Å². The molecule has 19 heavy (non-hydrogen) atoms. The first kappa shape index (κ1) is 15.4. The minimum atomic E-state index is -0.0634. The molecule has 0 radical (unpaired) electrons. The van der Waals surface area contributed by atoms with Crippen molar-refractivity contribution in [2.45, 2.75) is 25.8 Å². The molecule has 0 bridgehead atoms. The molecule has 0 aliphatic heterocycles. The highest BCUT2D eigenvalue weighted by atomic mass is 127. The molecule has 1 aromatic carbocycles. The van der Waals surface area contributed by atoms with Gasteiger partial charge in [0.15, 0.2) is 0 Å². The summed E-state index contributed by atoms with van der Waals surface area (Å²) in [7, 11) is 0. The van der Waals surface area contributed by atoms with Crippen LogP contribution in [0.4, 0.5) is 0 Å². The zero-order valence-electron chi connectivity index (χ0n) is 11.4. The van der Waals surface area contributed by atoms with Crippen LogP contribution in [-0.4, -0.2) is 21.6 Å². The molecule has 0 aliphatic carbocycles. The van der Waals surface area contributed by atoms with Gasteiger partial charge in [-0.15, -0.1) is 11.6 Å². The fourth-order valence-electron chi connectivity index (χ4n) is 2.27. The Morgan fingerprint density at radius 3 is 2.79 bits per heavy atom. The highest BCUT2D eigenvalue weighted by Gasteiger charge is 2.16. The summed E-state index contributed by atoms with van der Waals surface area (Å²) in [6, 6.07) is 6.40. The predicted octanol–water partition coefficient (Wildman–Crippen LogP) is 4.94. The van der Waals surface area contributed by atoms with Crippen LogP contribution in [-0.2, 0) is 6.54 Å². The summed E-state index contributed by atoms with van der Waals surface area (Å²) < 4.78 is 3.49. The SMILES string of the molecule is CSCC(C)Cn1c(C(C)Cl)nc2cc(I)ccc21. The lowest BCUT2D eigenvalue weighted by molar-refractivity contribution is 0.524. The maximum atomic E-state index is 6.29. The van der Waals surface area contributed by atoms with Crippen LogP contribution in [0, 0.1) is 9.49 Å². The van der Waals surface area contributed by atoms with Crippen molar-refractivity contribution in [2.24, 2.45) is 5.92 Å². The second-order valence-electron chi connectivity index (χ2n) is 4.89. The number of nitrogens with zero attached hydrogens (tertiary/aromatic N) is 2. The number of hydrogen-bond acceptors (Lipinski definition) is 2. The van der Waals surface area contributed by atoms with Gasteiger partial charge in [-0.25, -0.2) is 4.98 Å². The molecule has 5 heteroatoms. The average Bonchev–Trinajstić information content (AvgIpc) is 2.67. The normalized spacial score (nSPS) is 14.8.